The van der Waals surface area contributed by atoms with E-state index in [0.29, 0.717) is 0 Å². The van der Waals surface area contributed by atoms with E-state index < -0.39 is 7.42 Å². The van der Waals surface area contributed by atoms with Crippen LogP contribution in [-0.4, -0.2) is 7.42 Å². The zero-order chi connectivity index (χ0) is 6.57. The molecule has 0 fully saturated rings. The van der Waals surface area contributed by atoms with E-state index in [2.05, 4.69) is 36.1 Å². The van der Waals surface area contributed by atoms with Crippen LogP contribution in [-0.2, 0) is 0 Å². The Labute approximate surface area is 61.9 Å². The van der Waals surface area contributed by atoms with Gasteiger partial charge in [0.1, 0.15) is 7.42 Å². The van der Waals surface area contributed by atoms with Crippen LogP contribution in [0.5, 0.6) is 0 Å². The molecule has 2 heteroatoms. The third-order valence-electron chi connectivity index (χ3n) is 1.65. The second-order valence-electron chi connectivity index (χ2n) is 2.31. The van der Waals surface area contributed by atoms with Gasteiger partial charge in [-0.25, -0.2) is 0 Å². The first kappa shape index (κ1) is 8.70. The molecule has 0 spiro atoms. The highest BCUT2D eigenvalue weighted by Crippen LogP contribution is 2.20. The predicted molar refractivity (Wildman–Crippen MR) is 46.3 cm³/mol. The molecule has 0 aromatic rings. The smallest absolute Gasteiger partial charge is 0.117 e. The lowest BCUT2D eigenvalue weighted by Gasteiger charge is -2.10. The van der Waals surface area contributed by atoms with Crippen molar-refractivity contribution < 1.29 is 0 Å². The van der Waals surface area contributed by atoms with Crippen LogP contribution in [0.3, 0.4) is 0 Å². The molecule has 0 rings (SSSR count). The highest BCUT2D eigenvalue weighted by Gasteiger charge is 2.10. The molecule has 0 aliphatic heterocycles. The third kappa shape index (κ3) is 2.87. The average molecular weight is 195 g/mol. The maximum atomic E-state index is 3.74. The Hall–Kier alpha value is 0.697. The lowest BCUT2D eigenvalue weighted by Crippen LogP contribution is -2.06. The summed E-state index contributed by atoms with van der Waals surface area (Å²) in [6, 6.07) is 1.38. The minimum atomic E-state index is -0.463. The molecule has 0 radical (unpaired) electrons. The second-order valence-corrected chi connectivity index (χ2v) is 8.82. The highest BCUT2D eigenvalue weighted by atomic mass is 79.9. The van der Waals surface area contributed by atoms with Gasteiger partial charge in [0.05, 0.1) is 0 Å². The zero-order valence-corrected chi connectivity index (χ0v) is 8.69. The van der Waals surface area contributed by atoms with Crippen LogP contribution in [0.15, 0.2) is 0 Å². The van der Waals surface area contributed by atoms with E-state index >= 15 is 0 Å². The molecule has 0 saturated carbocycles. The molecule has 2 atom stereocenters. The van der Waals surface area contributed by atoms with Crippen molar-refractivity contribution in [2.24, 2.45) is 0 Å². The fourth-order valence-corrected chi connectivity index (χ4v) is 3.10. The van der Waals surface area contributed by atoms with Gasteiger partial charge in [-0.3, -0.25) is 0 Å². The summed E-state index contributed by atoms with van der Waals surface area (Å²) >= 11 is 3.74. The Kier molecular flexibility index (Phi) is 4.96. The minimum absolute atomic E-state index is 0.463. The molecule has 0 nitrogen and oxygen atoms in total. The van der Waals surface area contributed by atoms with Gasteiger partial charge in [-0.2, -0.15) is 0 Å². The van der Waals surface area contributed by atoms with Gasteiger partial charge >= 0.3 is 0 Å². The maximum Gasteiger partial charge on any atom is 0.117 e. The van der Waals surface area contributed by atoms with Gasteiger partial charge in [0.2, 0.25) is 0 Å². The number of hydrogen-bond donors (Lipinski definition) is 0. The molecule has 8 heavy (non-hydrogen) atoms. The van der Waals surface area contributed by atoms with Crippen molar-refractivity contribution in [1.29, 1.82) is 0 Å². The molecule has 0 saturated heterocycles. The molecule has 0 aromatic carbocycles. The molecule has 0 N–H and O–H groups in total. The first-order valence-electron chi connectivity index (χ1n) is 3.36. The summed E-state index contributed by atoms with van der Waals surface area (Å²) in [5, 5.41) is 0. The van der Waals surface area contributed by atoms with E-state index in [-0.39, 0.29) is 0 Å². The molecule has 0 amide bonds. The van der Waals surface area contributed by atoms with Crippen LogP contribution in [0.1, 0.15) is 27.2 Å². The van der Waals surface area contributed by atoms with Crippen LogP contribution in [0.25, 0.3) is 0 Å². The van der Waals surface area contributed by atoms with Gasteiger partial charge in [0.25, 0.3) is 0 Å². The van der Waals surface area contributed by atoms with E-state index in [1.807, 2.05) is 0 Å². The summed E-state index contributed by atoms with van der Waals surface area (Å²) in [5.41, 5.74) is 0.972. The van der Waals surface area contributed by atoms with E-state index in [0.717, 1.165) is 5.54 Å². The summed E-state index contributed by atoms with van der Waals surface area (Å²) in [5.74, 6) is 0. The fourth-order valence-electron chi connectivity index (χ4n) is 0.658. The monoisotopic (exact) mass is 194 g/mol. The topological polar surface area (TPSA) is 0 Å². The van der Waals surface area contributed by atoms with Gasteiger partial charge in [0.15, 0.2) is 0 Å². The SMILES string of the molecule is CCC(C)[SiH](Br)CC. The van der Waals surface area contributed by atoms with Crippen LogP contribution >= 0.6 is 15.3 Å². The first-order chi connectivity index (χ1) is 3.72. The summed E-state index contributed by atoms with van der Waals surface area (Å²) in [6.45, 7) is 6.88. The standard InChI is InChI=1S/C6H15BrSi/c1-4-6(3)8(7)5-2/h6,8H,4-5H2,1-3H3. The normalized spacial score (nSPS) is 18.0. The molecule has 0 aliphatic carbocycles. The Morgan fingerprint density at radius 3 is 2.12 bits per heavy atom. The molecular formula is C6H15BrSi. The van der Waals surface area contributed by atoms with Gasteiger partial charge in [-0.05, 0) is 5.54 Å². The van der Waals surface area contributed by atoms with Crippen molar-refractivity contribution in [3.8, 4) is 0 Å². The van der Waals surface area contributed by atoms with Crippen LogP contribution in [0.2, 0.25) is 11.6 Å². The molecule has 0 bridgehead atoms. The van der Waals surface area contributed by atoms with E-state index in [1.165, 1.54) is 12.5 Å². The lowest BCUT2D eigenvalue weighted by atomic mass is 10.4. The van der Waals surface area contributed by atoms with Crippen LogP contribution in [0, 0.1) is 0 Å². The van der Waals surface area contributed by atoms with Gasteiger partial charge in [-0.1, -0.05) is 33.2 Å². The molecule has 0 heterocycles. The molecule has 0 aliphatic rings. The predicted octanol–water partition coefficient (Wildman–Crippen LogP) is 2.93. The molecule has 0 aromatic heterocycles. The largest absolute Gasteiger partial charge is 0.131 e. The maximum absolute atomic E-state index is 3.74. The van der Waals surface area contributed by atoms with Crippen molar-refractivity contribution in [3.05, 3.63) is 0 Å². The van der Waals surface area contributed by atoms with E-state index in [4.69, 9.17) is 0 Å². The van der Waals surface area contributed by atoms with E-state index in [1.54, 1.807) is 0 Å². The van der Waals surface area contributed by atoms with Crippen molar-refractivity contribution in [1.82, 2.24) is 0 Å². The number of rotatable bonds is 3. The van der Waals surface area contributed by atoms with Gasteiger partial charge in [-0.15, -0.1) is 15.3 Å². The van der Waals surface area contributed by atoms with Crippen LogP contribution < -0.4 is 0 Å². The fraction of sp³-hybridized carbons (Fsp3) is 1.00. The molecular weight excluding hydrogens is 180 g/mol. The summed E-state index contributed by atoms with van der Waals surface area (Å²) in [4.78, 5) is 0. The highest BCUT2D eigenvalue weighted by molar-refractivity contribution is 9.24. The zero-order valence-electron chi connectivity index (χ0n) is 5.95. The van der Waals surface area contributed by atoms with Gasteiger partial charge < -0.3 is 0 Å². The summed E-state index contributed by atoms with van der Waals surface area (Å²) in [7, 11) is -0.463. The molecule has 50 valence electrons. The first-order valence-corrected chi connectivity index (χ1v) is 8.03. The Morgan fingerprint density at radius 1 is 1.50 bits per heavy atom. The van der Waals surface area contributed by atoms with Crippen molar-refractivity contribution >= 4 is 22.7 Å². The summed E-state index contributed by atoms with van der Waals surface area (Å²) < 4.78 is 0. The lowest BCUT2D eigenvalue weighted by molar-refractivity contribution is 0.862. The van der Waals surface area contributed by atoms with E-state index in [9.17, 15) is 0 Å². The molecule has 2 unspecified atom stereocenters. The number of halogens is 1. The average Bonchev–Trinajstić information content (AvgIpc) is 1.84. The Morgan fingerprint density at radius 2 is 2.00 bits per heavy atom. The van der Waals surface area contributed by atoms with Crippen LogP contribution in [0.4, 0.5) is 0 Å². The van der Waals surface area contributed by atoms with Crippen molar-refractivity contribution in [3.63, 3.8) is 0 Å². The number of hydrogen-bond acceptors (Lipinski definition) is 0. The van der Waals surface area contributed by atoms with Crippen molar-refractivity contribution in [2.45, 2.75) is 38.8 Å². The Bertz CT molecular complexity index is 48.5. The van der Waals surface area contributed by atoms with Crippen molar-refractivity contribution in [2.75, 3.05) is 0 Å². The Balaban J connectivity index is 3.29. The van der Waals surface area contributed by atoms with Gasteiger partial charge in [0, 0.05) is 0 Å². The summed E-state index contributed by atoms with van der Waals surface area (Å²) in [6.07, 6.45) is 1.34. The second kappa shape index (κ2) is 4.56. The quantitative estimate of drug-likeness (QED) is 0.479. The minimum Gasteiger partial charge on any atom is -0.131 e. The third-order valence-corrected chi connectivity index (χ3v) is 8.79.